The molecule has 118 valence electrons. The van der Waals surface area contributed by atoms with Gasteiger partial charge in [-0.1, -0.05) is 6.07 Å². The highest BCUT2D eigenvalue weighted by Crippen LogP contribution is 2.24. The fraction of sp³-hybridized carbons (Fsp3) is 0.471. The summed E-state index contributed by atoms with van der Waals surface area (Å²) >= 11 is 0. The lowest BCUT2D eigenvalue weighted by molar-refractivity contribution is 0.349. The Morgan fingerprint density at radius 3 is 3.05 bits per heavy atom. The first-order chi connectivity index (χ1) is 10.6. The van der Waals surface area contributed by atoms with Gasteiger partial charge in [0, 0.05) is 31.2 Å². The molecule has 1 aliphatic heterocycles. The number of methoxy groups -OCH3 is 1. The first-order valence-corrected chi connectivity index (χ1v) is 7.69. The number of fused-ring (bicyclic) bond motifs is 1. The van der Waals surface area contributed by atoms with Gasteiger partial charge in [-0.3, -0.25) is 0 Å². The van der Waals surface area contributed by atoms with Gasteiger partial charge >= 0.3 is 0 Å². The first kappa shape index (κ1) is 15.0. The molecular weight excluding hydrogens is 281 g/mol. The lowest BCUT2D eigenvalue weighted by atomic mass is 10.0. The standard InChI is InChI=1S/C17H22FN3O/c1-11-9-21-10-14(5-7-17(21)19-11)20-12(2)13-4-6-15(18)16(8-13)22-3/h4,6,8-9,12,14,20H,5,7,10H2,1-3H3/t12-,14-/m1/s1. The monoisotopic (exact) mass is 303 g/mol. The topological polar surface area (TPSA) is 39.1 Å². The van der Waals surface area contributed by atoms with Crippen LogP contribution in [0, 0.1) is 12.7 Å². The molecule has 0 saturated carbocycles. The molecule has 1 N–H and O–H groups in total. The van der Waals surface area contributed by atoms with E-state index in [1.165, 1.54) is 19.0 Å². The largest absolute Gasteiger partial charge is 0.494 e. The predicted octanol–water partition coefficient (Wildman–Crippen LogP) is 3.00. The number of nitrogens with zero attached hydrogens (tertiary/aromatic N) is 2. The number of hydrogen-bond acceptors (Lipinski definition) is 3. The minimum absolute atomic E-state index is 0.144. The second-order valence-electron chi connectivity index (χ2n) is 5.97. The van der Waals surface area contributed by atoms with Gasteiger partial charge in [0.25, 0.3) is 0 Å². The minimum Gasteiger partial charge on any atom is -0.494 e. The molecule has 0 spiro atoms. The summed E-state index contributed by atoms with van der Waals surface area (Å²) in [7, 11) is 1.49. The van der Waals surface area contributed by atoms with E-state index in [9.17, 15) is 4.39 Å². The third kappa shape index (κ3) is 2.99. The Labute approximate surface area is 130 Å². The molecule has 2 aromatic rings. The minimum atomic E-state index is -0.324. The van der Waals surface area contributed by atoms with Crippen LogP contribution in [0.5, 0.6) is 5.75 Å². The van der Waals surface area contributed by atoms with Crippen molar-refractivity contribution in [2.45, 2.75) is 45.3 Å². The maximum absolute atomic E-state index is 13.5. The van der Waals surface area contributed by atoms with Crippen molar-refractivity contribution in [1.82, 2.24) is 14.9 Å². The van der Waals surface area contributed by atoms with Gasteiger partial charge in [-0.15, -0.1) is 0 Å². The summed E-state index contributed by atoms with van der Waals surface area (Å²) in [5.41, 5.74) is 2.11. The molecule has 1 aromatic carbocycles. The van der Waals surface area contributed by atoms with Gasteiger partial charge in [-0.2, -0.15) is 0 Å². The lowest BCUT2D eigenvalue weighted by Gasteiger charge is -2.28. The number of imidazole rings is 1. The van der Waals surface area contributed by atoms with Crippen LogP contribution in [0.1, 0.15) is 36.5 Å². The van der Waals surface area contributed by atoms with Crippen LogP contribution in [0.2, 0.25) is 0 Å². The molecule has 2 atom stereocenters. The molecule has 2 heterocycles. The smallest absolute Gasteiger partial charge is 0.165 e. The summed E-state index contributed by atoms with van der Waals surface area (Å²) in [6, 6.07) is 5.58. The average Bonchev–Trinajstić information content (AvgIpc) is 2.87. The van der Waals surface area contributed by atoms with Crippen molar-refractivity contribution in [2.24, 2.45) is 0 Å². The van der Waals surface area contributed by atoms with Gasteiger partial charge in [-0.05, 0) is 38.0 Å². The fourth-order valence-corrected chi connectivity index (χ4v) is 3.12. The summed E-state index contributed by atoms with van der Waals surface area (Å²) in [5, 5.41) is 3.63. The van der Waals surface area contributed by atoms with Gasteiger partial charge in [0.05, 0.1) is 12.8 Å². The van der Waals surface area contributed by atoms with Crippen molar-refractivity contribution in [2.75, 3.05) is 7.11 Å². The van der Waals surface area contributed by atoms with Gasteiger partial charge in [0.2, 0.25) is 0 Å². The molecule has 0 unspecified atom stereocenters. The number of benzene rings is 1. The van der Waals surface area contributed by atoms with Crippen LogP contribution in [0.25, 0.3) is 0 Å². The molecule has 0 radical (unpaired) electrons. The average molecular weight is 303 g/mol. The number of rotatable bonds is 4. The van der Waals surface area contributed by atoms with E-state index in [-0.39, 0.29) is 11.9 Å². The summed E-state index contributed by atoms with van der Waals surface area (Å²) in [6.07, 6.45) is 4.17. The van der Waals surface area contributed by atoms with Crippen molar-refractivity contribution in [1.29, 1.82) is 0 Å². The quantitative estimate of drug-likeness (QED) is 0.943. The van der Waals surface area contributed by atoms with Crippen LogP contribution in [0.4, 0.5) is 4.39 Å². The van der Waals surface area contributed by atoms with Gasteiger partial charge in [0.15, 0.2) is 11.6 Å². The maximum Gasteiger partial charge on any atom is 0.165 e. The molecule has 22 heavy (non-hydrogen) atoms. The van der Waals surface area contributed by atoms with Crippen LogP contribution in [0.15, 0.2) is 24.4 Å². The van der Waals surface area contributed by atoms with E-state index in [4.69, 9.17) is 4.74 Å². The Morgan fingerprint density at radius 2 is 2.27 bits per heavy atom. The zero-order valence-electron chi connectivity index (χ0n) is 13.3. The lowest BCUT2D eigenvalue weighted by Crippen LogP contribution is -2.38. The van der Waals surface area contributed by atoms with Crippen LogP contribution >= 0.6 is 0 Å². The van der Waals surface area contributed by atoms with Gasteiger partial charge in [0.1, 0.15) is 5.82 Å². The van der Waals surface area contributed by atoms with E-state index in [0.717, 1.165) is 30.6 Å². The normalized spacial score (nSPS) is 18.8. The van der Waals surface area contributed by atoms with Crippen LogP contribution in [-0.4, -0.2) is 22.7 Å². The molecular formula is C17H22FN3O. The number of nitrogens with one attached hydrogen (secondary N) is 1. The summed E-state index contributed by atoms with van der Waals surface area (Å²) in [6.45, 7) is 5.06. The second-order valence-corrected chi connectivity index (χ2v) is 5.97. The summed E-state index contributed by atoms with van der Waals surface area (Å²) in [4.78, 5) is 4.53. The molecule has 0 fully saturated rings. The third-order valence-corrected chi connectivity index (χ3v) is 4.27. The fourth-order valence-electron chi connectivity index (χ4n) is 3.12. The van der Waals surface area contributed by atoms with Crippen LogP contribution in [0.3, 0.4) is 0 Å². The molecule has 4 nitrogen and oxygen atoms in total. The van der Waals surface area contributed by atoms with Crippen LogP contribution < -0.4 is 10.1 Å². The molecule has 0 saturated heterocycles. The van der Waals surface area contributed by atoms with E-state index in [1.807, 2.05) is 13.0 Å². The Morgan fingerprint density at radius 1 is 1.45 bits per heavy atom. The van der Waals surface area contributed by atoms with E-state index in [2.05, 4.69) is 28.0 Å². The number of aryl methyl sites for hydroxylation is 2. The van der Waals surface area contributed by atoms with Crippen LogP contribution in [-0.2, 0) is 13.0 Å². The zero-order valence-corrected chi connectivity index (χ0v) is 13.3. The molecule has 5 heteroatoms. The van der Waals surface area contributed by atoms with E-state index >= 15 is 0 Å². The molecule has 0 bridgehead atoms. The third-order valence-electron chi connectivity index (χ3n) is 4.27. The SMILES string of the molecule is COc1cc([C@@H](C)N[C@@H]2CCc3nc(C)cn3C2)ccc1F. The van der Waals surface area contributed by atoms with Gasteiger partial charge < -0.3 is 14.6 Å². The number of halogens is 1. The highest BCUT2D eigenvalue weighted by Gasteiger charge is 2.21. The molecule has 0 aliphatic carbocycles. The Bertz CT molecular complexity index is 668. The number of ether oxygens (including phenoxy) is 1. The number of aromatic nitrogens is 2. The Kier molecular flexibility index (Phi) is 4.16. The summed E-state index contributed by atoms with van der Waals surface area (Å²) in [5.74, 6) is 1.14. The Hall–Kier alpha value is -1.88. The van der Waals surface area contributed by atoms with E-state index in [1.54, 1.807) is 6.07 Å². The van der Waals surface area contributed by atoms with Crippen molar-refractivity contribution in [3.05, 3.63) is 47.3 Å². The highest BCUT2D eigenvalue weighted by atomic mass is 19.1. The zero-order chi connectivity index (χ0) is 15.7. The van der Waals surface area contributed by atoms with Crippen molar-refractivity contribution in [3.63, 3.8) is 0 Å². The molecule has 1 aliphatic rings. The number of hydrogen-bond donors (Lipinski definition) is 1. The van der Waals surface area contributed by atoms with Crippen molar-refractivity contribution < 1.29 is 9.13 Å². The van der Waals surface area contributed by atoms with E-state index < -0.39 is 0 Å². The van der Waals surface area contributed by atoms with Crippen molar-refractivity contribution >= 4 is 0 Å². The second kappa shape index (κ2) is 6.08. The predicted molar refractivity (Wildman–Crippen MR) is 83.6 cm³/mol. The molecule has 0 amide bonds. The highest BCUT2D eigenvalue weighted by molar-refractivity contribution is 5.32. The van der Waals surface area contributed by atoms with Gasteiger partial charge in [-0.25, -0.2) is 9.37 Å². The molecule has 1 aromatic heterocycles. The summed E-state index contributed by atoms with van der Waals surface area (Å²) < 4.78 is 20.8. The van der Waals surface area contributed by atoms with E-state index in [0.29, 0.717) is 11.8 Å². The maximum atomic E-state index is 13.5. The first-order valence-electron chi connectivity index (χ1n) is 7.69. The Balaban J connectivity index is 1.68. The van der Waals surface area contributed by atoms with Crippen molar-refractivity contribution in [3.8, 4) is 5.75 Å². The molecule has 3 rings (SSSR count).